The second-order valence-corrected chi connectivity index (χ2v) is 10.0. The van der Waals surface area contributed by atoms with Crippen molar-refractivity contribution in [2.24, 2.45) is 5.16 Å². The van der Waals surface area contributed by atoms with E-state index >= 15 is 0 Å². The van der Waals surface area contributed by atoms with Crippen LogP contribution in [0, 0.1) is 0 Å². The van der Waals surface area contributed by atoms with Crippen molar-refractivity contribution in [3.63, 3.8) is 0 Å². The van der Waals surface area contributed by atoms with Crippen LogP contribution in [0.15, 0.2) is 83.1 Å². The van der Waals surface area contributed by atoms with E-state index in [9.17, 15) is 15.1 Å². The van der Waals surface area contributed by atoms with E-state index in [4.69, 9.17) is 4.74 Å². The summed E-state index contributed by atoms with van der Waals surface area (Å²) in [5, 5.41) is 25.1. The minimum atomic E-state index is -1.06. The molecular formula is C29H33N5O4. The van der Waals surface area contributed by atoms with Crippen LogP contribution < -0.4 is 10.3 Å². The highest BCUT2D eigenvalue weighted by molar-refractivity contribution is 5.82. The predicted molar refractivity (Wildman–Crippen MR) is 146 cm³/mol. The predicted octanol–water partition coefficient (Wildman–Crippen LogP) is 4.00. The molecule has 1 atom stereocenters. The highest BCUT2D eigenvalue weighted by atomic mass is 16.5. The summed E-state index contributed by atoms with van der Waals surface area (Å²) in [4.78, 5) is 19.9. The maximum Gasteiger partial charge on any atom is 0.262 e. The van der Waals surface area contributed by atoms with Gasteiger partial charge in [-0.05, 0) is 54.7 Å². The lowest BCUT2D eigenvalue weighted by molar-refractivity contribution is -0.0233. The van der Waals surface area contributed by atoms with Crippen molar-refractivity contribution < 1.29 is 15.1 Å². The topological polar surface area (TPSA) is 105 Å². The van der Waals surface area contributed by atoms with E-state index in [2.05, 4.69) is 29.2 Å². The molecule has 2 aromatic heterocycles. The molecule has 0 bridgehead atoms. The third-order valence-electron chi connectivity index (χ3n) is 7.52. The summed E-state index contributed by atoms with van der Waals surface area (Å²) in [6.45, 7) is 3.34. The van der Waals surface area contributed by atoms with Crippen molar-refractivity contribution in [2.75, 3.05) is 20.2 Å². The van der Waals surface area contributed by atoms with Crippen LogP contribution >= 0.6 is 0 Å². The van der Waals surface area contributed by atoms with Crippen molar-refractivity contribution in [2.45, 2.75) is 44.2 Å². The molecule has 0 aliphatic carbocycles. The average Bonchev–Trinajstić information content (AvgIpc) is 3.39. The van der Waals surface area contributed by atoms with Gasteiger partial charge in [-0.2, -0.15) is 0 Å². The van der Waals surface area contributed by atoms with Gasteiger partial charge in [-0.1, -0.05) is 42.4 Å². The van der Waals surface area contributed by atoms with E-state index in [1.807, 2.05) is 58.1 Å². The van der Waals surface area contributed by atoms with Gasteiger partial charge in [0.15, 0.2) is 5.65 Å². The van der Waals surface area contributed by atoms with Crippen LogP contribution in [0.5, 0.6) is 5.75 Å². The maximum absolute atomic E-state index is 13.3. The Morgan fingerprint density at radius 3 is 2.47 bits per heavy atom. The Bertz CT molecular complexity index is 1470. The molecule has 2 aromatic carbocycles. The fourth-order valence-electron chi connectivity index (χ4n) is 5.18. The van der Waals surface area contributed by atoms with Crippen molar-refractivity contribution >= 4 is 16.9 Å². The molecule has 0 amide bonds. The zero-order valence-electron chi connectivity index (χ0n) is 21.7. The maximum atomic E-state index is 13.3. The van der Waals surface area contributed by atoms with E-state index in [-0.39, 0.29) is 18.0 Å². The third-order valence-corrected chi connectivity index (χ3v) is 7.52. The molecule has 1 saturated heterocycles. The molecule has 9 nitrogen and oxygen atoms in total. The Labute approximate surface area is 221 Å². The van der Waals surface area contributed by atoms with Crippen molar-refractivity contribution in [1.29, 1.82) is 0 Å². The van der Waals surface area contributed by atoms with E-state index in [1.54, 1.807) is 13.2 Å². The summed E-state index contributed by atoms with van der Waals surface area (Å²) in [6, 6.07) is 19.4. The molecule has 0 saturated carbocycles. The summed E-state index contributed by atoms with van der Waals surface area (Å²) in [7, 11) is 1.62. The number of oxime groups is 1. The molecule has 5 rings (SSSR count). The molecule has 198 valence electrons. The Morgan fingerprint density at radius 2 is 1.82 bits per heavy atom. The standard InChI is InChI=1S/C29H33N5O4/c1-21(22-6-4-3-5-7-22)18-26(31-37)32-16-13-29(36,14-17-32)19-33-20-30-27-25(28(33)35)12-15-34(27)23-8-10-24(38-2)11-9-23/h3-12,15,20-21,36-37H,13-14,16-19H2,1-2H3/b31-26+. The molecule has 1 aliphatic heterocycles. The van der Waals surface area contributed by atoms with Gasteiger partial charge in [0, 0.05) is 31.4 Å². The number of likely N-dealkylation sites (tertiary alicyclic amines) is 1. The highest BCUT2D eigenvalue weighted by Crippen LogP contribution is 2.27. The minimum absolute atomic E-state index is 0.155. The summed E-state index contributed by atoms with van der Waals surface area (Å²) in [5.74, 6) is 1.57. The lowest BCUT2D eigenvalue weighted by Gasteiger charge is -2.39. The Kier molecular flexibility index (Phi) is 7.20. The summed E-state index contributed by atoms with van der Waals surface area (Å²) in [5.41, 5.74) is 1.38. The number of benzene rings is 2. The Hall–Kier alpha value is -4.11. The lowest BCUT2D eigenvalue weighted by atomic mass is 9.90. The number of fused-ring (bicyclic) bond motifs is 1. The van der Waals surface area contributed by atoms with Gasteiger partial charge in [-0.15, -0.1) is 0 Å². The van der Waals surface area contributed by atoms with Gasteiger partial charge >= 0.3 is 0 Å². The summed E-state index contributed by atoms with van der Waals surface area (Å²) in [6.07, 6.45) is 4.83. The number of nitrogens with zero attached hydrogens (tertiary/aromatic N) is 5. The number of hydrogen-bond acceptors (Lipinski definition) is 6. The van der Waals surface area contributed by atoms with Crippen molar-refractivity contribution in [3.05, 3.63) is 89.1 Å². The normalized spacial score (nSPS) is 16.5. The highest BCUT2D eigenvalue weighted by Gasteiger charge is 2.34. The second-order valence-electron chi connectivity index (χ2n) is 10.0. The Morgan fingerprint density at radius 1 is 1.11 bits per heavy atom. The number of amidine groups is 1. The van der Waals surface area contributed by atoms with Crippen LogP contribution in [0.1, 0.15) is 37.7 Å². The van der Waals surface area contributed by atoms with E-state index in [0.717, 1.165) is 11.4 Å². The molecule has 38 heavy (non-hydrogen) atoms. The molecule has 1 unspecified atom stereocenters. The lowest BCUT2D eigenvalue weighted by Crippen LogP contribution is -2.49. The SMILES string of the molecule is COc1ccc(-n2ccc3c(=O)n(CC4(O)CCN(/C(CC(C)c5ccccc5)=N/O)CC4)cnc32)cc1. The number of aliphatic hydroxyl groups is 1. The Balaban J connectivity index is 1.27. The molecule has 2 N–H and O–H groups in total. The smallest absolute Gasteiger partial charge is 0.262 e. The molecule has 3 heterocycles. The van der Waals surface area contributed by atoms with Crippen molar-refractivity contribution in [3.8, 4) is 11.4 Å². The van der Waals surface area contributed by atoms with Gasteiger partial charge in [0.25, 0.3) is 5.56 Å². The summed E-state index contributed by atoms with van der Waals surface area (Å²) >= 11 is 0. The number of aromatic nitrogens is 3. The van der Waals surface area contributed by atoms with E-state index < -0.39 is 5.60 Å². The first-order chi connectivity index (χ1) is 18.4. The van der Waals surface area contributed by atoms with E-state index in [1.165, 1.54) is 16.5 Å². The van der Waals surface area contributed by atoms with Gasteiger partial charge < -0.3 is 24.5 Å². The fourth-order valence-corrected chi connectivity index (χ4v) is 5.18. The molecule has 4 aromatic rings. The first-order valence-corrected chi connectivity index (χ1v) is 12.8. The molecular weight excluding hydrogens is 482 g/mol. The largest absolute Gasteiger partial charge is 0.497 e. The second kappa shape index (κ2) is 10.7. The average molecular weight is 516 g/mol. The molecule has 0 spiro atoms. The zero-order valence-corrected chi connectivity index (χ0v) is 21.7. The van der Waals surface area contributed by atoms with Gasteiger partial charge in [0.1, 0.15) is 17.9 Å². The van der Waals surface area contributed by atoms with Gasteiger partial charge in [0.2, 0.25) is 0 Å². The third kappa shape index (κ3) is 5.15. The molecule has 0 radical (unpaired) electrons. The quantitative estimate of drug-likeness (QED) is 0.167. The van der Waals surface area contributed by atoms with Crippen LogP contribution in [0.2, 0.25) is 0 Å². The monoisotopic (exact) mass is 515 g/mol. The molecule has 9 heteroatoms. The number of hydrogen-bond donors (Lipinski definition) is 2. The van der Waals surface area contributed by atoms with Crippen LogP contribution in [-0.4, -0.2) is 61.0 Å². The summed E-state index contributed by atoms with van der Waals surface area (Å²) < 4.78 is 8.58. The number of piperidine rings is 1. The van der Waals surface area contributed by atoms with Gasteiger partial charge in [-0.3, -0.25) is 9.36 Å². The van der Waals surface area contributed by atoms with Crippen LogP contribution in [0.4, 0.5) is 0 Å². The van der Waals surface area contributed by atoms with Crippen LogP contribution in [-0.2, 0) is 6.54 Å². The first kappa shape index (κ1) is 25.5. The van der Waals surface area contributed by atoms with Crippen molar-refractivity contribution in [1.82, 2.24) is 19.0 Å². The first-order valence-electron chi connectivity index (χ1n) is 12.8. The number of methoxy groups -OCH3 is 1. The van der Waals surface area contributed by atoms with Crippen LogP contribution in [0.3, 0.4) is 0 Å². The zero-order chi connectivity index (χ0) is 26.7. The molecule has 1 fully saturated rings. The van der Waals surface area contributed by atoms with E-state index in [0.29, 0.717) is 49.2 Å². The fraction of sp³-hybridized carbons (Fsp3) is 0.345. The molecule has 1 aliphatic rings. The number of rotatable bonds is 7. The van der Waals surface area contributed by atoms with Gasteiger partial charge in [-0.25, -0.2) is 4.98 Å². The number of ether oxygens (including phenoxy) is 1. The minimum Gasteiger partial charge on any atom is -0.497 e. The van der Waals surface area contributed by atoms with Gasteiger partial charge in [0.05, 0.1) is 24.6 Å². The van der Waals surface area contributed by atoms with Crippen LogP contribution in [0.25, 0.3) is 16.7 Å².